The first kappa shape index (κ1) is 11.2. The highest BCUT2D eigenvalue weighted by atomic mass is 79.9. The molecule has 0 spiro atoms. The average molecular weight is 268 g/mol. The summed E-state index contributed by atoms with van der Waals surface area (Å²) in [5.41, 5.74) is 4.21. The van der Waals surface area contributed by atoms with Crippen molar-refractivity contribution in [2.45, 2.75) is 20.4 Å². The quantitative estimate of drug-likeness (QED) is 0.761. The summed E-state index contributed by atoms with van der Waals surface area (Å²) in [7, 11) is 0. The minimum Gasteiger partial charge on any atom is -0.298 e. The Bertz CT molecular complexity index is 322. The zero-order valence-electron chi connectivity index (χ0n) is 9.46. The molecule has 1 aliphatic heterocycles. The Morgan fingerprint density at radius 1 is 1.20 bits per heavy atom. The highest BCUT2D eigenvalue weighted by Gasteiger charge is 2.25. The van der Waals surface area contributed by atoms with E-state index in [1.165, 1.54) is 29.8 Å². The van der Waals surface area contributed by atoms with E-state index in [4.69, 9.17) is 0 Å². The molecule has 1 heterocycles. The summed E-state index contributed by atoms with van der Waals surface area (Å²) < 4.78 is 0. The summed E-state index contributed by atoms with van der Waals surface area (Å²) in [5.74, 6) is 0.871. The van der Waals surface area contributed by atoms with Gasteiger partial charge in [-0.25, -0.2) is 0 Å². The molecule has 1 aliphatic rings. The number of hydrogen-bond donors (Lipinski definition) is 0. The SMILES string of the molecule is Cc1cc(C)cc(CN2CC(CBr)C2)c1. The Balaban J connectivity index is 1.94. The van der Waals surface area contributed by atoms with Crippen molar-refractivity contribution in [3.05, 3.63) is 34.9 Å². The molecule has 1 aromatic carbocycles. The molecule has 0 bridgehead atoms. The zero-order chi connectivity index (χ0) is 10.8. The van der Waals surface area contributed by atoms with E-state index in [0.717, 1.165) is 17.8 Å². The summed E-state index contributed by atoms with van der Waals surface area (Å²) in [4.78, 5) is 2.51. The van der Waals surface area contributed by atoms with Crippen molar-refractivity contribution in [3.63, 3.8) is 0 Å². The third-order valence-corrected chi connectivity index (χ3v) is 3.85. The second kappa shape index (κ2) is 4.67. The number of alkyl halides is 1. The second-order valence-corrected chi connectivity index (χ2v) is 5.36. The fourth-order valence-electron chi connectivity index (χ4n) is 2.32. The molecule has 0 amide bonds. The molecular formula is C13H18BrN. The largest absolute Gasteiger partial charge is 0.298 e. The van der Waals surface area contributed by atoms with Crippen molar-refractivity contribution < 1.29 is 0 Å². The Kier molecular flexibility index (Phi) is 3.47. The average Bonchev–Trinajstić information content (AvgIpc) is 2.08. The van der Waals surface area contributed by atoms with Crippen LogP contribution in [0.15, 0.2) is 18.2 Å². The lowest BCUT2D eigenvalue weighted by molar-refractivity contribution is 0.108. The van der Waals surface area contributed by atoms with Crippen molar-refractivity contribution in [1.29, 1.82) is 0 Å². The van der Waals surface area contributed by atoms with Crippen molar-refractivity contribution in [3.8, 4) is 0 Å². The van der Waals surface area contributed by atoms with Crippen LogP contribution in [0, 0.1) is 19.8 Å². The van der Waals surface area contributed by atoms with Crippen LogP contribution in [0.4, 0.5) is 0 Å². The van der Waals surface area contributed by atoms with E-state index in [-0.39, 0.29) is 0 Å². The lowest BCUT2D eigenvalue weighted by Crippen LogP contribution is -2.46. The van der Waals surface area contributed by atoms with Crippen LogP contribution < -0.4 is 0 Å². The second-order valence-electron chi connectivity index (χ2n) is 4.71. The van der Waals surface area contributed by atoms with Crippen LogP contribution >= 0.6 is 15.9 Å². The van der Waals surface area contributed by atoms with E-state index in [0.29, 0.717) is 0 Å². The molecule has 0 atom stereocenters. The molecule has 0 saturated carbocycles. The number of rotatable bonds is 3. The van der Waals surface area contributed by atoms with Crippen LogP contribution in [0.25, 0.3) is 0 Å². The number of benzene rings is 1. The maximum Gasteiger partial charge on any atom is 0.0234 e. The predicted molar refractivity (Wildman–Crippen MR) is 68.5 cm³/mol. The summed E-state index contributed by atoms with van der Waals surface area (Å²) in [6.07, 6.45) is 0. The first-order chi connectivity index (χ1) is 7.17. The molecule has 2 rings (SSSR count). The van der Waals surface area contributed by atoms with Gasteiger partial charge in [-0.05, 0) is 25.3 Å². The van der Waals surface area contributed by atoms with E-state index in [1.807, 2.05) is 0 Å². The van der Waals surface area contributed by atoms with Gasteiger partial charge < -0.3 is 0 Å². The zero-order valence-corrected chi connectivity index (χ0v) is 11.0. The van der Waals surface area contributed by atoms with E-state index in [2.05, 4.69) is 52.9 Å². The van der Waals surface area contributed by atoms with Gasteiger partial charge in [0, 0.05) is 25.0 Å². The summed E-state index contributed by atoms with van der Waals surface area (Å²) in [6, 6.07) is 6.84. The Hall–Kier alpha value is -0.340. The van der Waals surface area contributed by atoms with Gasteiger partial charge in [-0.15, -0.1) is 0 Å². The van der Waals surface area contributed by atoms with Crippen LogP contribution in [0.3, 0.4) is 0 Å². The summed E-state index contributed by atoms with van der Waals surface area (Å²) in [5, 5.41) is 1.15. The van der Waals surface area contributed by atoms with Crippen molar-refractivity contribution in [2.24, 2.45) is 5.92 Å². The molecule has 1 saturated heterocycles. The van der Waals surface area contributed by atoms with E-state index in [1.54, 1.807) is 0 Å². The van der Waals surface area contributed by atoms with Crippen LogP contribution in [-0.4, -0.2) is 23.3 Å². The maximum atomic E-state index is 3.54. The Morgan fingerprint density at radius 3 is 2.33 bits per heavy atom. The highest BCUT2D eigenvalue weighted by molar-refractivity contribution is 9.09. The first-order valence-corrected chi connectivity index (χ1v) is 6.65. The Labute approximate surface area is 101 Å². The molecule has 0 N–H and O–H groups in total. The maximum absolute atomic E-state index is 3.54. The third kappa shape index (κ3) is 2.82. The van der Waals surface area contributed by atoms with Gasteiger partial charge >= 0.3 is 0 Å². The van der Waals surface area contributed by atoms with Crippen molar-refractivity contribution in [1.82, 2.24) is 4.90 Å². The predicted octanol–water partition coefficient (Wildman–Crippen LogP) is 3.13. The molecule has 0 aliphatic carbocycles. The number of aryl methyl sites for hydroxylation is 2. The molecular weight excluding hydrogens is 250 g/mol. The standard InChI is InChI=1S/C13H18BrN/c1-10-3-11(2)5-12(4-10)7-15-8-13(6-14)9-15/h3-5,13H,6-9H2,1-2H3. The topological polar surface area (TPSA) is 3.24 Å². The fraction of sp³-hybridized carbons (Fsp3) is 0.538. The van der Waals surface area contributed by atoms with Gasteiger partial charge in [-0.1, -0.05) is 45.3 Å². The van der Waals surface area contributed by atoms with E-state index >= 15 is 0 Å². The van der Waals surface area contributed by atoms with Gasteiger partial charge in [0.2, 0.25) is 0 Å². The molecule has 2 heteroatoms. The molecule has 0 radical (unpaired) electrons. The Morgan fingerprint density at radius 2 is 1.80 bits per heavy atom. The highest BCUT2D eigenvalue weighted by Crippen LogP contribution is 2.21. The third-order valence-electron chi connectivity index (χ3n) is 2.94. The van der Waals surface area contributed by atoms with Gasteiger partial charge in [-0.3, -0.25) is 4.90 Å². The molecule has 82 valence electrons. The number of halogens is 1. The van der Waals surface area contributed by atoms with Crippen LogP contribution in [0.2, 0.25) is 0 Å². The monoisotopic (exact) mass is 267 g/mol. The first-order valence-electron chi connectivity index (χ1n) is 5.53. The number of hydrogen-bond acceptors (Lipinski definition) is 1. The smallest absolute Gasteiger partial charge is 0.0234 e. The normalized spacial score (nSPS) is 17.8. The van der Waals surface area contributed by atoms with Crippen LogP contribution in [0.1, 0.15) is 16.7 Å². The van der Waals surface area contributed by atoms with Gasteiger partial charge in [-0.2, -0.15) is 0 Å². The molecule has 0 aromatic heterocycles. The van der Waals surface area contributed by atoms with Gasteiger partial charge in [0.1, 0.15) is 0 Å². The fourth-order valence-corrected chi connectivity index (χ4v) is 2.73. The minimum atomic E-state index is 0.871. The van der Waals surface area contributed by atoms with Crippen LogP contribution in [-0.2, 0) is 6.54 Å². The number of likely N-dealkylation sites (tertiary alicyclic amines) is 1. The van der Waals surface area contributed by atoms with E-state index in [9.17, 15) is 0 Å². The van der Waals surface area contributed by atoms with Gasteiger partial charge in [0.05, 0.1) is 0 Å². The summed E-state index contributed by atoms with van der Waals surface area (Å²) >= 11 is 3.54. The lowest BCUT2D eigenvalue weighted by atomic mass is 10.0. The lowest BCUT2D eigenvalue weighted by Gasteiger charge is -2.38. The van der Waals surface area contributed by atoms with Gasteiger partial charge in [0.15, 0.2) is 0 Å². The summed E-state index contributed by atoms with van der Waals surface area (Å²) in [6.45, 7) is 7.96. The molecule has 15 heavy (non-hydrogen) atoms. The van der Waals surface area contributed by atoms with Crippen molar-refractivity contribution in [2.75, 3.05) is 18.4 Å². The minimum absolute atomic E-state index is 0.871. The molecule has 1 aromatic rings. The molecule has 1 fully saturated rings. The van der Waals surface area contributed by atoms with Crippen molar-refractivity contribution >= 4 is 15.9 Å². The van der Waals surface area contributed by atoms with Gasteiger partial charge in [0.25, 0.3) is 0 Å². The molecule has 0 unspecified atom stereocenters. The molecule has 1 nitrogen and oxygen atoms in total. The van der Waals surface area contributed by atoms with E-state index < -0.39 is 0 Å². The van der Waals surface area contributed by atoms with Crippen LogP contribution in [0.5, 0.6) is 0 Å². The number of nitrogens with zero attached hydrogens (tertiary/aromatic N) is 1.